The fraction of sp³-hybridized carbons (Fsp3) is 0.850. The zero-order chi connectivity index (χ0) is 16.8. The summed E-state index contributed by atoms with van der Waals surface area (Å²) >= 11 is 0. The van der Waals surface area contributed by atoms with E-state index in [4.69, 9.17) is 14.2 Å². The molecule has 5 atom stereocenters. The van der Waals surface area contributed by atoms with Crippen molar-refractivity contribution in [2.24, 2.45) is 17.3 Å². The second-order valence-electron chi connectivity index (χ2n) is 8.91. The van der Waals surface area contributed by atoms with Gasteiger partial charge in [-0.25, -0.2) is 0 Å². The van der Waals surface area contributed by atoms with Crippen LogP contribution in [0.1, 0.15) is 58.3 Å². The quantitative estimate of drug-likeness (QED) is 0.442. The number of methoxy groups -OCH3 is 2. The number of allylic oxidation sites excluding steroid dienone is 1. The molecule has 4 heteroatoms. The van der Waals surface area contributed by atoms with Gasteiger partial charge in [-0.15, -0.1) is 0 Å². The molecule has 1 saturated heterocycles. The van der Waals surface area contributed by atoms with Crippen LogP contribution >= 0.6 is 0 Å². The molecule has 0 bridgehead atoms. The monoisotopic (exact) mass is 332 g/mol. The lowest BCUT2D eigenvalue weighted by atomic mass is 9.54. The normalized spacial score (nSPS) is 51.1. The number of carbonyl (C=O) groups excluding carboxylic acids is 1. The molecule has 5 rings (SSSR count). The lowest BCUT2D eigenvalue weighted by Gasteiger charge is -2.49. The molecule has 2 unspecified atom stereocenters. The van der Waals surface area contributed by atoms with E-state index in [0.717, 1.165) is 51.4 Å². The van der Waals surface area contributed by atoms with Crippen molar-refractivity contribution in [3.63, 3.8) is 0 Å². The molecule has 24 heavy (non-hydrogen) atoms. The van der Waals surface area contributed by atoms with Gasteiger partial charge in [-0.2, -0.15) is 0 Å². The molecule has 0 radical (unpaired) electrons. The SMILES string of the molecule is COC1(OC)CCC23OC2(CC[C@@H]2C3=CC[C@]3(C)C(=O)CC[C@@H]23)C1. The Morgan fingerprint density at radius 3 is 2.71 bits per heavy atom. The first-order chi connectivity index (χ1) is 11.4. The van der Waals surface area contributed by atoms with Crippen LogP contribution in [0.25, 0.3) is 0 Å². The van der Waals surface area contributed by atoms with Gasteiger partial charge in [0.25, 0.3) is 0 Å². The maximum Gasteiger partial charge on any atom is 0.170 e. The Balaban J connectivity index is 1.50. The van der Waals surface area contributed by atoms with E-state index in [9.17, 15) is 4.79 Å². The van der Waals surface area contributed by atoms with Crippen LogP contribution in [0.5, 0.6) is 0 Å². The first-order valence-electron chi connectivity index (χ1n) is 9.49. The highest BCUT2D eigenvalue weighted by atomic mass is 16.7. The summed E-state index contributed by atoms with van der Waals surface area (Å²) in [6.45, 7) is 2.20. The maximum absolute atomic E-state index is 12.4. The molecule has 0 aromatic rings. The highest BCUT2D eigenvalue weighted by Crippen LogP contribution is 2.72. The van der Waals surface area contributed by atoms with Gasteiger partial charge in [-0.3, -0.25) is 4.79 Å². The van der Waals surface area contributed by atoms with Gasteiger partial charge in [0.15, 0.2) is 5.79 Å². The van der Waals surface area contributed by atoms with E-state index < -0.39 is 5.79 Å². The van der Waals surface area contributed by atoms with Crippen LogP contribution in [0.3, 0.4) is 0 Å². The molecule has 0 spiro atoms. The first kappa shape index (κ1) is 15.5. The number of hydrogen-bond acceptors (Lipinski definition) is 4. The summed E-state index contributed by atoms with van der Waals surface area (Å²) in [7, 11) is 3.49. The highest BCUT2D eigenvalue weighted by Gasteiger charge is 2.78. The Hall–Kier alpha value is -0.710. The molecule has 132 valence electrons. The van der Waals surface area contributed by atoms with Crippen molar-refractivity contribution in [2.75, 3.05) is 14.2 Å². The smallest absolute Gasteiger partial charge is 0.170 e. The zero-order valence-corrected chi connectivity index (χ0v) is 15.0. The third kappa shape index (κ3) is 1.59. The molecule has 1 heterocycles. The van der Waals surface area contributed by atoms with Gasteiger partial charge in [-0.05, 0) is 49.5 Å². The topological polar surface area (TPSA) is 48.1 Å². The molecular weight excluding hydrogens is 304 g/mol. The minimum Gasteiger partial charge on any atom is -0.358 e. The van der Waals surface area contributed by atoms with Gasteiger partial charge in [0.05, 0.1) is 0 Å². The largest absolute Gasteiger partial charge is 0.358 e. The number of hydrogen-bond donors (Lipinski definition) is 0. The van der Waals surface area contributed by atoms with Crippen molar-refractivity contribution in [2.45, 2.75) is 75.3 Å². The van der Waals surface area contributed by atoms with Crippen LogP contribution in [0.15, 0.2) is 11.6 Å². The minimum atomic E-state index is -0.486. The van der Waals surface area contributed by atoms with Gasteiger partial charge < -0.3 is 14.2 Å². The van der Waals surface area contributed by atoms with E-state index in [1.807, 2.05) is 0 Å². The second-order valence-corrected chi connectivity index (χ2v) is 8.91. The standard InChI is InChI=1S/C20H28O4/c1-17-8-7-15-13(14(17)4-5-16(17)21)6-9-18-12-19(22-2,23-3)10-11-20(15,18)24-18/h7,13-14H,4-6,8-12H2,1-3H3/t13-,14-,17-,18?,20?/m0/s1. The lowest BCUT2D eigenvalue weighted by molar-refractivity contribution is -0.229. The Bertz CT molecular complexity index is 636. The number of carbonyl (C=O) groups is 1. The van der Waals surface area contributed by atoms with E-state index in [1.54, 1.807) is 14.2 Å². The van der Waals surface area contributed by atoms with Crippen molar-refractivity contribution in [3.8, 4) is 0 Å². The van der Waals surface area contributed by atoms with Crippen molar-refractivity contribution in [3.05, 3.63) is 11.6 Å². The Labute approximate surface area is 143 Å². The molecule has 4 fully saturated rings. The summed E-state index contributed by atoms with van der Waals surface area (Å²) in [5.41, 5.74) is 1.24. The second kappa shape index (κ2) is 4.52. The van der Waals surface area contributed by atoms with Crippen LogP contribution < -0.4 is 0 Å². The van der Waals surface area contributed by atoms with Gasteiger partial charge in [-0.1, -0.05) is 13.0 Å². The van der Waals surface area contributed by atoms with Crippen LogP contribution in [-0.2, 0) is 19.0 Å². The molecule has 5 aliphatic rings. The summed E-state index contributed by atoms with van der Waals surface area (Å²) < 4.78 is 18.0. The number of Topliss-reactive ketones (excluding diaryl/α,β-unsaturated/α-hetero) is 1. The fourth-order valence-electron chi connectivity index (χ4n) is 6.80. The van der Waals surface area contributed by atoms with Gasteiger partial charge in [0.2, 0.25) is 0 Å². The van der Waals surface area contributed by atoms with E-state index >= 15 is 0 Å². The van der Waals surface area contributed by atoms with E-state index in [0.29, 0.717) is 17.6 Å². The molecule has 3 saturated carbocycles. The summed E-state index contributed by atoms with van der Waals surface area (Å²) in [5.74, 6) is 1.07. The van der Waals surface area contributed by atoms with E-state index in [1.165, 1.54) is 5.57 Å². The zero-order valence-electron chi connectivity index (χ0n) is 15.0. The summed E-state index contributed by atoms with van der Waals surface area (Å²) in [4.78, 5) is 12.4. The number of fused-ring (bicyclic) bond motifs is 3. The van der Waals surface area contributed by atoms with Crippen molar-refractivity contribution >= 4 is 5.78 Å². The molecular formula is C20H28O4. The molecule has 4 nitrogen and oxygen atoms in total. The minimum absolute atomic E-state index is 0.0799. The maximum atomic E-state index is 12.4. The number of ketones is 1. The fourth-order valence-corrected chi connectivity index (χ4v) is 6.80. The number of rotatable bonds is 2. The predicted octanol–water partition coefficient (Wildman–Crippen LogP) is 3.39. The summed E-state index contributed by atoms with van der Waals surface area (Å²) in [6, 6.07) is 0. The number of epoxide rings is 1. The predicted molar refractivity (Wildman–Crippen MR) is 88.4 cm³/mol. The van der Waals surface area contributed by atoms with Crippen LogP contribution in [0.4, 0.5) is 0 Å². The van der Waals surface area contributed by atoms with Crippen LogP contribution in [0, 0.1) is 17.3 Å². The Kier molecular flexibility index (Phi) is 2.92. The molecule has 4 aliphatic carbocycles. The Morgan fingerprint density at radius 1 is 1.17 bits per heavy atom. The van der Waals surface area contributed by atoms with E-state index in [2.05, 4.69) is 13.0 Å². The third-order valence-electron chi connectivity index (χ3n) is 8.32. The molecule has 0 N–H and O–H groups in total. The molecule has 0 amide bonds. The van der Waals surface area contributed by atoms with Crippen molar-refractivity contribution in [1.29, 1.82) is 0 Å². The van der Waals surface area contributed by atoms with Crippen molar-refractivity contribution < 1.29 is 19.0 Å². The number of ether oxygens (including phenoxy) is 3. The van der Waals surface area contributed by atoms with Gasteiger partial charge in [0, 0.05) is 38.9 Å². The van der Waals surface area contributed by atoms with Gasteiger partial charge >= 0.3 is 0 Å². The first-order valence-corrected chi connectivity index (χ1v) is 9.49. The van der Waals surface area contributed by atoms with Crippen LogP contribution in [-0.4, -0.2) is 37.0 Å². The molecule has 0 aromatic heterocycles. The molecule has 0 aromatic carbocycles. The third-order valence-corrected chi connectivity index (χ3v) is 8.32. The lowest BCUT2D eigenvalue weighted by Crippen LogP contribution is -2.52. The average Bonchev–Trinajstić information content (AvgIpc) is 3.19. The van der Waals surface area contributed by atoms with Gasteiger partial charge in [0.1, 0.15) is 17.0 Å². The van der Waals surface area contributed by atoms with Crippen molar-refractivity contribution in [1.82, 2.24) is 0 Å². The Morgan fingerprint density at radius 2 is 1.96 bits per heavy atom. The summed E-state index contributed by atoms with van der Waals surface area (Å²) in [5, 5.41) is 0. The van der Waals surface area contributed by atoms with E-state index in [-0.39, 0.29) is 16.6 Å². The summed E-state index contributed by atoms with van der Waals surface area (Å²) in [6.07, 6.45) is 10.0. The average molecular weight is 332 g/mol. The highest BCUT2D eigenvalue weighted by molar-refractivity contribution is 5.87. The van der Waals surface area contributed by atoms with Crippen LogP contribution in [0.2, 0.25) is 0 Å². The molecule has 1 aliphatic heterocycles.